The molecule has 0 radical (unpaired) electrons. The van der Waals surface area contributed by atoms with E-state index in [1.807, 2.05) is 108 Å². The van der Waals surface area contributed by atoms with E-state index in [9.17, 15) is 18.0 Å². The Labute approximate surface area is 268 Å². The van der Waals surface area contributed by atoms with Crippen LogP contribution in [0.5, 0.6) is 0 Å². The van der Waals surface area contributed by atoms with Crippen molar-refractivity contribution in [2.75, 3.05) is 10.8 Å². The molecule has 1 N–H and O–H groups in total. The molecule has 7 nitrogen and oxygen atoms in total. The molecule has 2 amide bonds. The molecule has 4 rings (SSSR count). The lowest BCUT2D eigenvalue weighted by Gasteiger charge is -2.35. The number of carbonyl (C=O) groups is 2. The van der Waals surface area contributed by atoms with Crippen LogP contribution in [-0.4, -0.2) is 43.3 Å². The monoisotopic (exact) mass is 625 g/mol. The molecule has 0 unspecified atom stereocenters. The second-order valence-electron chi connectivity index (χ2n) is 12.6. The molecule has 0 fully saturated rings. The van der Waals surface area contributed by atoms with Gasteiger partial charge in [0.2, 0.25) is 11.8 Å². The minimum atomic E-state index is -4.14. The van der Waals surface area contributed by atoms with E-state index in [2.05, 4.69) is 5.32 Å². The summed E-state index contributed by atoms with van der Waals surface area (Å²) < 4.78 is 29.4. The maximum absolute atomic E-state index is 14.6. The third-order valence-corrected chi connectivity index (χ3v) is 9.20. The summed E-state index contributed by atoms with van der Waals surface area (Å²) in [5, 5.41) is 3.06. The van der Waals surface area contributed by atoms with Gasteiger partial charge in [-0.25, -0.2) is 8.42 Å². The van der Waals surface area contributed by atoms with Gasteiger partial charge in [-0.2, -0.15) is 0 Å². The molecule has 0 aliphatic carbocycles. The highest BCUT2D eigenvalue weighted by atomic mass is 32.2. The number of anilines is 1. The van der Waals surface area contributed by atoms with Crippen molar-refractivity contribution in [3.8, 4) is 0 Å². The molecule has 4 aromatic rings. The van der Waals surface area contributed by atoms with Gasteiger partial charge >= 0.3 is 0 Å². The van der Waals surface area contributed by atoms with Gasteiger partial charge in [0.15, 0.2) is 0 Å². The Morgan fingerprint density at radius 3 is 1.89 bits per heavy atom. The Balaban J connectivity index is 1.81. The molecule has 1 atom stereocenters. The molecule has 0 aliphatic rings. The number of rotatable bonds is 11. The molecule has 0 aliphatic heterocycles. The number of hydrogen-bond donors (Lipinski definition) is 1. The maximum Gasteiger partial charge on any atom is 0.264 e. The van der Waals surface area contributed by atoms with E-state index in [0.29, 0.717) is 5.69 Å². The summed E-state index contributed by atoms with van der Waals surface area (Å²) in [4.78, 5) is 30.1. The zero-order valence-electron chi connectivity index (χ0n) is 26.9. The fourth-order valence-electron chi connectivity index (χ4n) is 5.09. The highest BCUT2D eigenvalue weighted by Crippen LogP contribution is 2.26. The Morgan fingerprint density at radius 2 is 1.31 bits per heavy atom. The van der Waals surface area contributed by atoms with Gasteiger partial charge in [-0.3, -0.25) is 13.9 Å². The van der Waals surface area contributed by atoms with Crippen LogP contribution in [0.25, 0.3) is 0 Å². The highest BCUT2D eigenvalue weighted by Gasteiger charge is 2.35. The molecule has 4 aromatic carbocycles. The number of hydrogen-bond acceptors (Lipinski definition) is 4. The maximum atomic E-state index is 14.6. The lowest BCUT2D eigenvalue weighted by atomic mass is 10.0. The quantitative estimate of drug-likeness (QED) is 0.210. The summed E-state index contributed by atoms with van der Waals surface area (Å²) in [6, 6.07) is 30.0. The van der Waals surface area contributed by atoms with Gasteiger partial charge in [-0.15, -0.1) is 0 Å². The van der Waals surface area contributed by atoms with E-state index in [0.717, 1.165) is 32.1 Å². The number of nitrogens with one attached hydrogen (secondary N) is 1. The summed E-state index contributed by atoms with van der Waals surface area (Å²) in [6.07, 6.45) is 0.259. The third-order valence-electron chi connectivity index (χ3n) is 7.41. The number of sulfonamides is 1. The first kappa shape index (κ1) is 33.5. The molecular weight excluding hydrogens is 582 g/mol. The first-order valence-electron chi connectivity index (χ1n) is 15.1. The molecule has 0 bridgehead atoms. The molecule has 45 heavy (non-hydrogen) atoms. The van der Waals surface area contributed by atoms with E-state index < -0.39 is 34.1 Å². The second kappa shape index (κ2) is 14.1. The van der Waals surface area contributed by atoms with Crippen molar-refractivity contribution in [1.29, 1.82) is 0 Å². The second-order valence-corrected chi connectivity index (χ2v) is 14.5. The predicted octanol–water partition coefficient (Wildman–Crippen LogP) is 6.36. The Morgan fingerprint density at radius 1 is 0.733 bits per heavy atom. The minimum absolute atomic E-state index is 0.0815. The van der Waals surface area contributed by atoms with Crippen molar-refractivity contribution in [1.82, 2.24) is 10.2 Å². The Hall–Kier alpha value is -4.43. The van der Waals surface area contributed by atoms with Gasteiger partial charge in [0.1, 0.15) is 12.6 Å². The number of amides is 2. The molecule has 0 saturated heterocycles. The fourth-order valence-corrected chi connectivity index (χ4v) is 6.51. The predicted molar refractivity (Wildman–Crippen MR) is 180 cm³/mol. The largest absolute Gasteiger partial charge is 0.350 e. The Bertz CT molecular complexity index is 1710. The van der Waals surface area contributed by atoms with Crippen molar-refractivity contribution in [2.24, 2.45) is 0 Å². The van der Waals surface area contributed by atoms with Crippen molar-refractivity contribution in [3.63, 3.8) is 0 Å². The van der Waals surface area contributed by atoms with Gasteiger partial charge < -0.3 is 10.2 Å². The van der Waals surface area contributed by atoms with Crippen LogP contribution < -0.4 is 9.62 Å². The standard InChI is InChI=1S/C37H43N3O4S/c1-27-15-19-32(20-16-27)40(45(43,44)33-21-17-28(2)18-22-33)26-35(41)39(25-31-14-10-11-29(3)23-31)34(36(42)38-37(4,5)6)24-30-12-8-7-9-13-30/h7-23,34H,24-26H2,1-6H3,(H,38,42)/t34-/m0/s1. The lowest BCUT2D eigenvalue weighted by molar-refractivity contribution is -0.140. The van der Waals surface area contributed by atoms with Crippen LogP contribution in [-0.2, 0) is 32.6 Å². The van der Waals surface area contributed by atoms with Gasteiger partial charge in [-0.1, -0.05) is 95.6 Å². The first-order valence-corrected chi connectivity index (χ1v) is 16.5. The molecule has 8 heteroatoms. The van der Waals surface area contributed by atoms with Gasteiger partial charge in [-0.05, 0) is 76.9 Å². The molecule has 236 valence electrons. The first-order chi connectivity index (χ1) is 21.2. The van der Waals surface area contributed by atoms with Gasteiger partial charge in [0.05, 0.1) is 10.6 Å². The SMILES string of the molecule is Cc1ccc(N(CC(=O)N(Cc2cccc(C)c2)[C@@H](Cc2ccccc2)C(=O)NC(C)(C)C)S(=O)(=O)c2ccc(C)cc2)cc1. The number of nitrogens with zero attached hydrogens (tertiary/aromatic N) is 2. The lowest BCUT2D eigenvalue weighted by Crippen LogP contribution is -2.56. The zero-order chi connectivity index (χ0) is 32.8. The van der Waals surface area contributed by atoms with Crippen molar-refractivity contribution >= 4 is 27.5 Å². The van der Waals surface area contributed by atoms with Gasteiger partial charge in [0, 0.05) is 18.5 Å². The van der Waals surface area contributed by atoms with Crippen LogP contribution in [0.1, 0.15) is 48.6 Å². The van der Waals surface area contributed by atoms with Crippen LogP contribution in [0.4, 0.5) is 5.69 Å². The summed E-state index contributed by atoms with van der Waals surface area (Å²) >= 11 is 0. The summed E-state index contributed by atoms with van der Waals surface area (Å²) in [5.74, 6) is -0.798. The average molecular weight is 626 g/mol. The van der Waals surface area contributed by atoms with Crippen LogP contribution in [0.3, 0.4) is 0 Å². The smallest absolute Gasteiger partial charge is 0.264 e. The number of aryl methyl sites for hydroxylation is 3. The normalized spacial score (nSPS) is 12.3. The Kier molecular flexibility index (Phi) is 10.5. The topological polar surface area (TPSA) is 86.8 Å². The summed E-state index contributed by atoms with van der Waals surface area (Å²) in [7, 11) is -4.14. The molecule has 0 spiro atoms. The van der Waals surface area contributed by atoms with Crippen molar-refractivity contribution in [2.45, 2.75) is 71.0 Å². The number of benzene rings is 4. The summed E-state index contributed by atoms with van der Waals surface area (Å²) in [6.45, 7) is 11.1. The average Bonchev–Trinajstić information content (AvgIpc) is 2.98. The molecular formula is C37H43N3O4S. The fraction of sp³-hybridized carbons (Fsp3) is 0.297. The number of carbonyl (C=O) groups excluding carboxylic acids is 2. The van der Waals surface area contributed by atoms with Crippen LogP contribution >= 0.6 is 0 Å². The van der Waals surface area contributed by atoms with Crippen LogP contribution in [0.15, 0.2) is 108 Å². The van der Waals surface area contributed by atoms with Crippen LogP contribution in [0, 0.1) is 20.8 Å². The van der Waals surface area contributed by atoms with E-state index in [1.54, 1.807) is 36.4 Å². The summed E-state index contributed by atoms with van der Waals surface area (Å²) in [5.41, 5.74) is 4.44. The van der Waals surface area contributed by atoms with Crippen molar-refractivity contribution < 1.29 is 18.0 Å². The van der Waals surface area contributed by atoms with Crippen molar-refractivity contribution in [3.05, 3.63) is 131 Å². The third kappa shape index (κ3) is 9.05. The van der Waals surface area contributed by atoms with Crippen LogP contribution in [0.2, 0.25) is 0 Å². The molecule has 0 saturated carbocycles. The van der Waals surface area contributed by atoms with E-state index in [-0.39, 0.29) is 23.8 Å². The zero-order valence-corrected chi connectivity index (χ0v) is 27.8. The minimum Gasteiger partial charge on any atom is -0.350 e. The van der Waals surface area contributed by atoms with Gasteiger partial charge in [0.25, 0.3) is 10.0 Å². The molecule has 0 heterocycles. The van der Waals surface area contributed by atoms with E-state index in [1.165, 1.54) is 4.90 Å². The highest BCUT2D eigenvalue weighted by molar-refractivity contribution is 7.92. The van der Waals surface area contributed by atoms with E-state index >= 15 is 0 Å². The molecule has 0 aromatic heterocycles. The van der Waals surface area contributed by atoms with E-state index in [4.69, 9.17) is 0 Å².